The van der Waals surface area contributed by atoms with Crippen LogP contribution in [0.15, 0.2) is 48.5 Å². The Bertz CT molecular complexity index is 812. The van der Waals surface area contributed by atoms with Crippen molar-refractivity contribution in [3.8, 4) is 5.75 Å². The molecule has 1 N–H and O–H groups in total. The largest absolute Gasteiger partial charge is 0.484 e. The first-order chi connectivity index (χ1) is 13.3. The molecule has 0 aromatic heterocycles. The molecule has 0 saturated heterocycles. The highest BCUT2D eigenvalue weighted by molar-refractivity contribution is 6.30. The Morgan fingerprint density at radius 2 is 1.82 bits per heavy atom. The van der Waals surface area contributed by atoms with Crippen molar-refractivity contribution in [3.63, 3.8) is 0 Å². The van der Waals surface area contributed by atoms with Crippen molar-refractivity contribution in [3.05, 3.63) is 64.9 Å². The zero-order valence-corrected chi connectivity index (χ0v) is 16.9. The molecule has 150 valence electrons. The molecule has 0 aliphatic heterocycles. The van der Waals surface area contributed by atoms with Gasteiger partial charge in [0, 0.05) is 17.6 Å². The Morgan fingerprint density at radius 3 is 2.43 bits per heavy atom. The molecule has 0 aliphatic rings. The van der Waals surface area contributed by atoms with E-state index >= 15 is 0 Å². The molecule has 0 spiro atoms. The van der Waals surface area contributed by atoms with Gasteiger partial charge in [-0.2, -0.15) is 0 Å². The molecule has 5 nitrogen and oxygen atoms in total. The van der Waals surface area contributed by atoms with Gasteiger partial charge in [-0.1, -0.05) is 23.7 Å². The molecule has 0 unspecified atom stereocenters. The van der Waals surface area contributed by atoms with E-state index in [1.165, 1.54) is 29.2 Å². The van der Waals surface area contributed by atoms with Crippen LogP contribution in [-0.2, 0) is 16.1 Å². The summed E-state index contributed by atoms with van der Waals surface area (Å²) in [5, 5.41) is 3.36. The molecule has 0 saturated carbocycles. The van der Waals surface area contributed by atoms with Crippen LogP contribution in [0, 0.1) is 5.82 Å². The highest BCUT2D eigenvalue weighted by Gasteiger charge is 2.26. The summed E-state index contributed by atoms with van der Waals surface area (Å²) in [6.45, 7) is 5.30. The second kappa shape index (κ2) is 10.1. The fourth-order valence-electron chi connectivity index (χ4n) is 2.58. The lowest BCUT2D eigenvalue weighted by molar-refractivity contribution is -0.142. The third kappa shape index (κ3) is 6.53. The van der Waals surface area contributed by atoms with Gasteiger partial charge in [0.25, 0.3) is 5.91 Å². The molecule has 1 atom stereocenters. The highest BCUT2D eigenvalue weighted by atomic mass is 35.5. The van der Waals surface area contributed by atoms with E-state index < -0.39 is 6.04 Å². The van der Waals surface area contributed by atoms with Gasteiger partial charge in [-0.05, 0) is 62.7 Å². The zero-order valence-electron chi connectivity index (χ0n) is 16.1. The molecular weight excluding hydrogens is 383 g/mol. The summed E-state index contributed by atoms with van der Waals surface area (Å²) < 4.78 is 18.5. The molecule has 0 radical (unpaired) electrons. The van der Waals surface area contributed by atoms with Crippen molar-refractivity contribution in [2.75, 3.05) is 6.61 Å². The maximum atomic E-state index is 13.0. The average molecular weight is 407 g/mol. The van der Waals surface area contributed by atoms with Crippen LogP contribution in [0.4, 0.5) is 4.39 Å². The van der Waals surface area contributed by atoms with Crippen molar-refractivity contribution in [1.82, 2.24) is 10.2 Å². The van der Waals surface area contributed by atoms with Gasteiger partial charge in [-0.3, -0.25) is 9.59 Å². The maximum absolute atomic E-state index is 13.0. The van der Waals surface area contributed by atoms with Crippen molar-refractivity contribution in [2.45, 2.75) is 39.4 Å². The summed E-state index contributed by atoms with van der Waals surface area (Å²) in [5.41, 5.74) is 0.798. The molecule has 0 bridgehead atoms. The number of rotatable bonds is 8. The number of nitrogens with one attached hydrogen (secondary N) is 1. The lowest BCUT2D eigenvalue weighted by Crippen LogP contribution is -2.50. The Hall–Kier alpha value is -2.60. The molecule has 28 heavy (non-hydrogen) atoms. The second-order valence-corrected chi connectivity index (χ2v) is 7.17. The van der Waals surface area contributed by atoms with E-state index in [-0.39, 0.29) is 36.8 Å². The lowest BCUT2D eigenvalue weighted by Gasteiger charge is -2.29. The molecule has 0 aliphatic carbocycles. The van der Waals surface area contributed by atoms with Crippen molar-refractivity contribution < 1.29 is 18.7 Å². The predicted octanol–water partition coefficient (Wildman–Crippen LogP) is 3.80. The average Bonchev–Trinajstić information content (AvgIpc) is 2.64. The van der Waals surface area contributed by atoms with Crippen LogP contribution in [0.2, 0.25) is 5.02 Å². The molecule has 0 fully saturated rings. The molecule has 2 rings (SSSR count). The summed E-state index contributed by atoms with van der Waals surface area (Å²) in [5.74, 6) is -0.639. The first kappa shape index (κ1) is 21.7. The van der Waals surface area contributed by atoms with Crippen molar-refractivity contribution >= 4 is 23.4 Å². The Kier molecular flexibility index (Phi) is 7.81. The third-order valence-electron chi connectivity index (χ3n) is 4.02. The van der Waals surface area contributed by atoms with E-state index in [4.69, 9.17) is 16.3 Å². The quantitative estimate of drug-likeness (QED) is 0.725. The predicted molar refractivity (Wildman–Crippen MR) is 107 cm³/mol. The van der Waals surface area contributed by atoms with Crippen LogP contribution in [0.5, 0.6) is 5.75 Å². The van der Waals surface area contributed by atoms with Crippen LogP contribution in [0.25, 0.3) is 0 Å². The van der Waals surface area contributed by atoms with Gasteiger partial charge in [0.2, 0.25) is 5.91 Å². The number of hydrogen-bond donors (Lipinski definition) is 1. The zero-order chi connectivity index (χ0) is 20.7. The minimum Gasteiger partial charge on any atom is -0.484 e. The van der Waals surface area contributed by atoms with Crippen LogP contribution in [0.1, 0.15) is 26.3 Å². The summed E-state index contributed by atoms with van der Waals surface area (Å²) in [6, 6.07) is 11.7. The Balaban J connectivity index is 2.14. The topological polar surface area (TPSA) is 58.6 Å². The normalized spacial score (nSPS) is 11.8. The van der Waals surface area contributed by atoms with Crippen LogP contribution >= 0.6 is 11.6 Å². The van der Waals surface area contributed by atoms with Crippen LogP contribution in [0.3, 0.4) is 0 Å². The summed E-state index contributed by atoms with van der Waals surface area (Å²) >= 11 is 6.03. The molecule has 0 heterocycles. The fraction of sp³-hybridized carbons (Fsp3) is 0.333. The van der Waals surface area contributed by atoms with E-state index in [2.05, 4.69) is 5.32 Å². The number of halogens is 2. The molecule has 7 heteroatoms. The van der Waals surface area contributed by atoms with Gasteiger partial charge in [-0.25, -0.2) is 4.39 Å². The maximum Gasteiger partial charge on any atom is 0.261 e. The first-order valence-corrected chi connectivity index (χ1v) is 9.36. The molecule has 2 amide bonds. The number of nitrogens with zero attached hydrogens (tertiary/aromatic N) is 1. The van der Waals surface area contributed by atoms with Crippen molar-refractivity contribution in [2.24, 2.45) is 0 Å². The van der Waals surface area contributed by atoms with Crippen LogP contribution < -0.4 is 10.1 Å². The fourth-order valence-corrected chi connectivity index (χ4v) is 2.79. The van der Waals surface area contributed by atoms with E-state index in [9.17, 15) is 14.0 Å². The second-order valence-electron chi connectivity index (χ2n) is 6.73. The van der Waals surface area contributed by atoms with E-state index in [1.54, 1.807) is 25.1 Å². The SMILES string of the molecule is CC(C)NC(=O)[C@@H](C)N(Cc1cccc(Cl)c1)C(=O)COc1ccc(F)cc1. The minimum absolute atomic E-state index is 0.0477. The van der Waals surface area contributed by atoms with Crippen LogP contribution in [-0.4, -0.2) is 35.4 Å². The smallest absolute Gasteiger partial charge is 0.261 e. The number of amides is 2. The van der Waals surface area contributed by atoms with E-state index in [0.717, 1.165) is 5.56 Å². The standard InChI is InChI=1S/C21H24ClFN2O3/c1-14(2)24-21(27)15(3)25(12-16-5-4-6-17(22)11-16)20(26)13-28-19-9-7-18(23)8-10-19/h4-11,14-15H,12-13H2,1-3H3,(H,24,27)/t15-/m1/s1. The van der Waals surface area contributed by atoms with Gasteiger partial charge in [0.15, 0.2) is 6.61 Å². The first-order valence-electron chi connectivity index (χ1n) is 8.99. The number of carbonyl (C=O) groups excluding carboxylic acids is 2. The van der Waals surface area contributed by atoms with Gasteiger partial charge < -0.3 is 15.0 Å². The summed E-state index contributed by atoms with van der Waals surface area (Å²) in [4.78, 5) is 26.7. The Labute approximate surface area is 169 Å². The summed E-state index contributed by atoms with van der Waals surface area (Å²) in [7, 11) is 0. The molecule has 2 aromatic carbocycles. The molecule has 2 aromatic rings. The van der Waals surface area contributed by atoms with Crippen molar-refractivity contribution in [1.29, 1.82) is 0 Å². The number of benzene rings is 2. The van der Waals surface area contributed by atoms with Gasteiger partial charge in [0.05, 0.1) is 0 Å². The monoisotopic (exact) mass is 406 g/mol. The third-order valence-corrected chi connectivity index (χ3v) is 4.25. The molecular formula is C21H24ClFN2O3. The van der Waals surface area contributed by atoms with E-state index in [0.29, 0.717) is 10.8 Å². The number of ether oxygens (including phenoxy) is 1. The number of hydrogen-bond acceptors (Lipinski definition) is 3. The minimum atomic E-state index is -0.703. The Morgan fingerprint density at radius 1 is 1.14 bits per heavy atom. The number of carbonyl (C=O) groups is 2. The van der Waals surface area contributed by atoms with Gasteiger partial charge in [-0.15, -0.1) is 0 Å². The highest BCUT2D eigenvalue weighted by Crippen LogP contribution is 2.16. The van der Waals surface area contributed by atoms with E-state index in [1.807, 2.05) is 19.9 Å². The van der Waals surface area contributed by atoms with Gasteiger partial charge in [0.1, 0.15) is 17.6 Å². The summed E-state index contributed by atoms with van der Waals surface area (Å²) in [6.07, 6.45) is 0. The lowest BCUT2D eigenvalue weighted by atomic mass is 10.1. The van der Waals surface area contributed by atoms with Gasteiger partial charge >= 0.3 is 0 Å².